The van der Waals surface area contributed by atoms with Crippen LogP contribution in [0.5, 0.6) is 5.75 Å². The first kappa shape index (κ1) is 23.5. The summed E-state index contributed by atoms with van der Waals surface area (Å²) >= 11 is 0. The van der Waals surface area contributed by atoms with Crippen LogP contribution in [0, 0.1) is 12.7 Å². The Labute approximate surface area is 224 Å². The zero-order valence-corrected chi connectivity index (χ0v) is 21.5. The molecule has 0 spiro atoms. The van der Waals surface area contributed by atoms with Gasteiger partial charge < -0.3 is 15.0 Å². The molecule has 7 rings (SSSR count). The number of hydrogen-bond donors (Lipinski definition) is 3. The fraction of sp³-hybridized carbons (Fsp3) is 0.194. The number of pyridine rings is 2. The summed E-state index contributed by atoms with van der Waals surface area (Å²) in [6.45, 7) is 3.84. The van der Waals surface area contributed by atoms with Crippen LogP contribution in [0.1, 0.15) is 18.4 Å². The van der Waals surface area contributed by atoms with Crippen molar-refractivity contribution in [2.45, 2.75) is 25.9 Å². The van der Waals surface area contributed by atoms with Crippen LogP contribution >= 0.6 is 0 Å². The number of ether oxygens (including phenoxy) is 1. The minimum atomic E-state index is -0.240. The summed E-state index contributed by atoms with van der Waals surface area (Å²) in [5, 5.41) is 13.0. The standard InChI is InChI=1S/C31H27FN6O/c1-18-9-19(11-21(32)10-18)24-3-2-4-27-25(24)13-29(36-27)31-26-14-28(35-17-30(26)37-38-31)20-12-23(16-34-15-20)39-22-5-7-33-8-6-22/h2-4,9-17,22,33,36H,5-8H2,1H3,(H,37,38). The predicted octanol–water partition coefficient (Wildman–Crippen LogP) is 6.41. The van der Waals surface area contributed by atoms with Gasteiger partial charge in [0, 0.05) is 28.0 Å². The van der Waals surface area contributed by atoms with Crippen molar-refractivity contribution >= 4 is 21.8 Å². The molecule has 6 aromatic rings. The summed E-state index contributed by atoms with van der Waals surface area (Å²) in [6, 6.07) is 17.3. The van der Waals surface area contributed by atoms with Gasteiger partial charge in [-0.3, -0.25) is 15.1 Å². The average molecular weight is 519 g/mol. The lowest BCUT2D eigenvalue weighted by atomic mass is 9.99. The molecule has 0 radical (unpaired) electrons. The number of benzene rings is 2. The van der Waals surface area contributed by atoms with Gasteiger partial charge in [-0.05, 0) is 85.9 Å². The number of piperidine rings is 1. The van der Waals surface area contributed by atoms with E-state index in [1.807, 2.05) is 43.3 Å². The zero-order valence-electron chi connectivity index (χ0n) is 21.5. The van der Waals surface area contributed by atoms with Gasteiger partial charge in [0.15, 0.2) is 0 Å². The molecule has 1 saturated heterocycles. The van der Waals surface area contributed by atoms with Crippen molar-refractivity contribution in [3.05, 3.63) is 84.6 Å². The van der Waals surface area contributed by atoms with Crippen LogP contribution in [0.15, 0.2) is 73.2 Å². The maximum atomic E-state index is 14.2. The first-order chi connectivity index (χ1) is 19.1. The van der Waals surface area contributed by atoms with E-state index >= 15 is 0 Å². The molecule has 5 heterocycles. The highest BCUT2D eigenvalue weighted by atomic mass is 19.1. The second-order valence-corrected chi connectivity index (χ2v) is 10.1. The Morgan fingerprint density at radius 2 is 1.79 bits per heavy atom. The van der Waals surface area contributed by atoms with Crippen molar-refractivity contribution in [3.8, 4) is 39.5 Å². The van der Waals surface area contributed by atoms with Crippen molar-refractivity contribution < 1.29 is 9.13 Å². The molecule has 3 N–H and O–H groups in total. The largest absolute Gasteiger partial charge is 0.489 e. The van der Waals surface area contributed by atoms with Crippen LogP contribution in [-0.4, -0.2) is 44.3 Å². The second-order valence-electron chi connectivity index (χ2n) is 10.1. The van der Waals surface area contributed by atoms with Gasteiger partial charge in [0.25, 0.3) is 0 Å². The molecule has 0 aliphatic carbocycles. The van der Waals surface area contributed by atoms with Crippen LogP contribution in [0.2, 0.25) is 0 Å². The third-order valence-electron chi connectivity index (χ3n) is 7.32. The lowest BCUT2D eigenvalue weighted by Crippen LogP contribution is -2.34. The lowest BCUT2D eigenvalue weighted by molar-refractivity contribution is 0.162. The van der Waals surface area contributed by atoms with E-state index in [1.165, 1.54) is 0 Å². The van der Waals surface area contributed by atoms with Gasteiger partial charge in [0.05, 0.1) is 29.3 Å². The van der Waals surface area contributed by atoms with E-state index < -0.39 is 0 Å². The van der Waals surface area contributed by atoms with Crippen molar-refractivity contribution in [3.63, 3.8) is 0 Å². The lowest BCUT2D eigenvalue weighted by Gasteiger charge is -2.23. The summed E-state index contributed by atoms with van der Waals surface area (Å²) in [5.74, 6) is 0.514. The van der Waals surface area contributed by atoms with Crippen molar-refractivity contribution in [2.24, 2.45) is 0 Å². The maximum Gasteiger partial charge on any atom is 0.138 e. The van der Waals surface area contributed by atoms with Gasteiger partial charge in [-0.15, -0.1) is 0 Å². The first-order valence-corrected chi connectivity index (χ1v) is 13.2. The molecule has 2 aromatic carbocycles. The molecular weight excluding hydrogens is 491 g/mol. The number of fused-ring (bicyclic) bond motifs is 2. The molecule has 0 atom stereocenters. The number of H-pyrrole nitrogens is 2. The van der Waals surface area contributed by atoms with Gasteiger partial charge in [-0.2, -0.15) is 5.10 Å². The number of aromatic amines is 2. The summed E-state index contributed by atoms with van der Waals surface area (Å²) in [7, 11) is 0. The molecule has 8 heteroatoms. The molecule has 0 unspecified atom stereocenters. The number of hydrogen-bond acceptors (Lipinski definition) is 5. The van der Waals surface area contributed by atoms with E-state index in [9.17, 15) is 4.39 Å². The van der Waals surface area contributed by atoms with Gasteiger partial charge in [-0.1, -0.05) is 18.2 Å². The summed E-state index contributed by atoms with van der Waals surface area (Å²) in [5.41, 5.74) is 7.84. The quantitative estimate of drug-likeness (QED) is 0.245. The number of aryl methyl sites for hydroxylation is 1. The fourth-order valence-corrected chi connectivity index (χ4v) is 5.44. The average Bonchev–Trinajstić information content (AvgIpc) is 3.57. The van der Waals surface area contributed by atoms with Crippen LogP contribution in [0.25, 0.3) is 55.6 Å². The Kier molecular flexibility index (Phi) is 5.82. The Hall–Kier alpha value is -4.56. The van der Waals surface area contributed by atoms with Gasteiger partial charge in [0.2, 0.25) is 0 Å². The monoisotopic (exact) mass is 518 g/mol. The Balaban J connectivity index is 1.26. The molecule has 0 saturated carbocycles. The summed E-state index contributed by atoms with van der Waals surface area (Å²) in [6.07, 6.45) is 7.53. The van der Waals surface area contributed by atoms with E-state index in [2.05, 4.69) is 36.5 Å². The molecule has 194 valence electrons. The smallest absolute Gasteiger partial charge is 0.138 e. The van der Waals surface area contributed by atoms with Crippen LogP contribution in [0.4, 0.5) is 4.39 Å². The Morgan fingerprint density at radius 3 is 2.67 bits per heavy atom. The number of aromatic nitrogens is 5. The van der Waals surface area contributed by atoms with Crippen molar-refractivity contribution in [1.29, 1.82) is 0 Å². The zero-order chi connectivity index (χ0) is 26.3. The fourth-order valence-electron chi connectivity index (χ4n) is 5.44. The Bertz CT molecular complexity index is 1800. The molecule has 1 aliphatic heterocycles. The van der Waals surface area contributed by atoms with Gasteiger partial charge in [0.1, 0.15) is 23.4 Å². The third-order valence-corrected chi connectivity index (χ3v) is 7.32. The normalized spacial score (nSPS) is 14.3. The maximum absolute atomic E-state index is 14.2. The first-order valence-electron chi connectivity index (χ1n) is 13.2. The SMILES string of the molecule is Cc1cc(F)cc(-c2cccc3[nH]c(-c4n[nH]c5cnc(-c6cncc(OC7CCNCC7)c6)cc45)cc23)c1. The second kappa shape index (κ2) is 9.63. The van der Waals surface area contributed by atoms with Crippen molar-refractivity contribution in [1.82, 2.24) is 30.5 Å². The minimum absolute atomic E-state index is 0.197. The van der Waals surface area contributed by atoms with Crippen LogP contribution < -0.4 is 10.1 Å². The number of halogens is 1. The highest BCUT2D eigenvalue weighted by molar-refractivity contribution is 6.01. The minimum Gasteiger partial charge on any atom is -0.489 e. The van der Waals surface area contributed by atoms with Crippen molar-refractivity contribution in [2.75, 3.05) is 13.1 Å². The summed E-state index contributed by atoms with van der Waals surface area (Å²) in [4.78, 5) is 12.6. The van der Waals surface area contributed by atoms with Crippen LogP contribution in [0.3, 0.4) is 0 Å². The predicted molar refractivity (Wildman–Crippen MR) is 151 cm³/mol. The molecule has 0 amide bonds. The highest BCUT2D eigenvalue weighted by Gasteiger charge is 2.17. The molecule has 39 heavy (non-hydrogen) atoms. The molecule has 4 aromatic heterocycles. The van der Waals surface area contributed by atoms with Crippen LogP contribution in [-0.2, 0) is 0 Å². The van der Waals surface area contributed by atoms with E-state index in [1.54, 1.807) is 30.7 Å². The van der Waals surface area contributed by atoms with E-state index in [4.69, 9.17) is 4.74 Å². The number of rotatable bonds is 5. The van der Waals surface area contributed by atoms with E-state index in [0.29, 0.717) is 0 Å². The molecule has 0 bridgehead atoms. The highest BCUT2D eigenvalue weighted by Crippen LogP contribution is 2.35. The topological polar surface area (TPSA) is 91.5 Å². The number of nitrogens with one attached hydrogen (secondary N) is 3. The molecule has 1 aliphatic rings. The Morgan fingerprint density at radius 1 is 0.897 bits per heavy atom. The summed E-state index contributed by atoms with van der Waals surface area (Å²) < 4.78 is 20.4. The van der Waals surface area contributed by atoms with Gasteiger partial charge >= 0.3 is 0 Å². The van der Waals surface area contributed by atoms with Gasteiger partial charge in [-0.25, -0.2) is 4.39 Å². The third kappa shape index (κ3) is 4.53. The molecule has 1 fully saturated rings. The molecule has 7 nitrogen and oxygen atoms in total. The van der Waals surface area contributed by atoms with E-state index in [0.717, 1.165) is 92.8 Å². The van der Waals surface area contributed by atoms with E-state index in [-0.39, 0.29) is 11.9 Å². The molecular formula is C31H27FN6O. The number of nitrogens with zero attached hydrogens (tertiary/aromatic N) is 3.